The summed E-state index contributed by atoms with van der Waals surface area (Å²) in [5.41, 5.74) is 0.666. The average molecular weight is 390 g/mol. The molecule has 154 valence electrons. The maximum absolute atomic E-state index is 12.5. The smallest absolute Gasteiger partial charge is 0.254 e. The van der Waals surface area contributed by atoms with Gasteiger partial charge in [0.05, 0.1) is 19.8 Å². The molecule has 28 heavy (non-hydrogen) atoms. The van der Waals surface area contributed by atoms with Crippen LogP contribution in [0, 0.1) is 5.92 Å². The third-order valence-electron chi connectivity index (χ3n) is 5.19. The van der Waals surface area contributed by atoms with Crippen LogP contribution in [-0.2, 0) is 14.3 Å². The van der Waals surface area contributed by atoms with Gasteiger partial charge in [0, 0.05) is 44.3 Å². The molecule has 0 aromatic heterocycles. The summed E-state index contributed by atoms with van der Waals surface area (Å²) < 4.78 is 16.4. The second-order valence-electron chi connectivity index (χ2n) is 7.23. The number of rotatable bonds is 7. The summed E-state index contributed by atoms with van der Waals surface area (Å²) in [6.07, 6.45) is 2.03. The van der Waals surface area contributed by atoms with E-state index in [9.17, 15) is 9.59 Å². The minimum atomic E-state index is 0.0329. The maximum atomic E-state index is 12.5. The number of benzene rings is 1. The highest BCUT2D eigenvalue weighted by molar-refractivity contribution is 5.94. The SMILES string of the molecule is CCOCC(=O)N1CCCC(COc2ccc(C(=O)N3CCOCC3)cc2)C1. The summed E-state index contributed by atoms with van der Waals surface area (Å²) >= 11 is 0. The number of carbonyl (C=O) groups excluding carboxylic acids is 2. The first-order chi connectivity index (χ1) is 13.7. The second-order valence-corrected chi connectivity index (χ2v) is 7.23. The normalized spacial score (nSPS) is 20.1. The summed E-state index contributed by atoms with van der Waals surface area (Å²) in [6.45, 7) is 7.12. The molecule has 2 saturated heterocycles. The van der Waals surface area contributed by atoms with Crippen LogP contribution in [0.15, 0.2) is 24.3 Å². The molecule has 7 nitrogen and oxygen atoms in total. The molecule has 2 fully saturated rings. The van der Waals surface area contributed by atoms with Gasteiger partial charge in [-0.15, -0.1) is 0 Å². The van der Waals surface area contributed by atoms with E-state index in [2.05, 4.69) is 0 Å². The molecule has 0 bridgehead atoms. The molecule has 2 aliphatic heterocycles. The minimum absolute atomic E-state index is 0.0329. The molecular weight excluding hydrogens is 360 g/mol. The van der Waals surface area contributed by atoms with Gasteiger partial charge in [-0.25, -0.2) is 0 Å². The van der Waals surface area contributed by atoms with Gasteiger partial charge in [-0.3, -0.25) is 9.59 Å². The highest BCUT2D eigenvalue weighted by Crippen LogP contribution is 2.20. The Hall–Kier alpha value is -2.12. The van der Waals surface area contributed by atoms with Gasteiger partial charge in [0.15, 0.2) is 0 Å². The van der Waals surface area contributed by atoms with Crippen molar-refractivity contribution in [2.75, 3.05) is 59.2 Å². The number of amides is 2. The van der Waals surface area contributed by atoms with Crippen LogP contribution in [0.1, 0.15) is 30.1 Å². The predicted molar refractivity (Wildman–Crippen MR) is 104 cm³/mol. The highest BCUT2D eigenvalue weighted by atomic mass is 16.5. The summed E-state index contributed by atoms with van der Waals surface area (Å²) in [7, 11) is 0. The van der Waals surface area contributed by atoms with Crippen molar-refractivity contribution in [1.82, 2.24) is 9.80 Å². The third kappa shape index (κ3) is 5.69. The van der Waals surface area contributed by atoms with Gasteiger partial charge in [-0.2, -0.15) is 0 Å². The molecule has 1 atom stereocenters. The van der Waals surface area contributed by atoms with E-state index in [1.165, 1.54) is 0 Å². The van der Waals surface area contributed by atoms with Crippen LogP contribution in [0.4, 0.5) is 0 Å². The molecule has 0 saturated carbocycles. The van der Waals surface area contributed by atoms with E-state index in [1.807, 2.05) is 41.0 Å². The lowest BCUT2D eigenvalue weighted by Crippen LogP contribution is -2.43. The summed E-state index contributed by atoms with van der Waals surface area (Å²) in [6, 6.07) is 7.31. The fourth-order valence-electron chi connectivity index (χ4n) is 3.57. The fourth-order valence-corrected chi connectivity index (χ4v) is 3.57. The Bertz CT molecular complexity index is 643. The first kappa shape index (κ1) is 20.6. The van der Waals surface area contributed by atoms with Crippen LogP contribution in [0.2, 0.25) is 0 Å². The standard InChI is InChI=1S/C21H30N2O5/c1-2-26-16-20(24)23-9-3-4-17(14-23)15-28-19-7-5-18(6-8-19)21(25)22-10-12-27-13-11-22/h5-8,17H,2-4,9-16H2,1H3. The van der Waals surface area contributed by atoms with Crippen molar-refractivity contribution in [3.8, 4) is 5.75 Å². The van der Waals surface area contributed by atoms with Crippen molar-refractivity contribution in [1.29, 1.82) is 0 Å². The zero-order valence-electron chi connectivity index (χ0n) is 16.6. The van der Waals surface area contributed by atoms with Crippen molar-refractivity contribution in [2.24, 2.45) is 5.92 Å². The molecule has 0 N–H and O–H groups in total. The van der Waals surface area contributed by atoms with Gasteiger partial charge in [-0.1, -0.05) is 0 Å². The van der Waals surface area contributed by atoms with Gasteiger partial charge in [0.1, 0.15) is 12.4 Å². The van der Waals surface area contributed by atoms with Crippen LogP contribution in [-0.4, -0.2) is 80.8 Å². The molecule has 7 heteroatoms. The number of hydrogen-bond donors (Lipinski definition) is 0. The van der Waals surface area contributed by atoms with Crippen LogP contribution in [0.3, 0.4) is 0 Å². The Balaban J connectivity index is 1.46. The highest BCUT2D eigenvalue weighted by Gasteiger charge is 2.24. The zero-order chi connectivity index (χ0) is 19.8. The third-order valence-corrected chi connectivity index (χ3v) is 5.19. The largest absolute Gasteiger partial charge is 0.493 e. The van der Waals surface area contributed by atoms with Gasteiger partial charge < -0.3 is 24.0 Å². The summed E-state index contributed by atoms with van der Waals surface area (Å²) in [4.78, 5) is 28.3. The van der Waals surface area contributed by atoms with Crippen LogP contribution in [0.5, 0.6) is 5.75 Å². The van der Waals surface area contributed by atoms with Gasteiger partial charge in [0.25, 0.3) is 5.91 Å². The van der Waals surface area contributed by atoms with Crippen molar-refractivity contribution < 1.29 is 23.8 Å². The molecule has 2 aliphatic rings. The molecule has 3 rings (SSSR count). The molecular formula is C21H30N2O5. The lowest BCUT2D eigenvalue weighted by Gasteiger charge is -2.32. The topological polar surface area (TPSA) is 68.3 Å². The second kappa shape index (κ2) is 10.4. The van der Waals surface area contributed by atoms with E-state index >= 15 is 0 Å². The number of likely N-dealkylation sites (tertiary alicyclic amines) is 1. The monoisotopic (exact) mass is 390 g/mol. The molecule has 0 radical (unpaired) electrons. The Morgan fingerprint density at radius 1 is 1.11 bits per heavy atom. The lowest BCUT2D eigenvalue weighted by molar-refractivity contribution is -0.138. The van der Waals surface area contributed by atoms with E-state index in [4.69, 9.17) is 14.2 Å². The quantitative estimate of drug-likeness (QED) is 0.710. The van der Waals surface area contributed by atoms with Gasteiger partial charge in [0.2, 0.25) is 5.91 Å². The number of ether oxygens (including phenoxy) is 3. The van der Waals surface area contributed by atoms with E-state index in [1.54, 1.807) is 0 Å². The Morgan fingerprint density at radius 2 is 1.86 bits per heavy atom. The number of morpholine rings is 1. The molecule has 1 aromatic rings. The first-order valence-electron chi connectivity index (χ1n) is 10.1. The number of piperidine rings is 1. The van der Waals surface area contributed by atoms with Crippen LogP contribution in [0.25, 0.3) is 0 Å². The van der Waals surface area contributed by atoms with Crippen LogP contribution < -0.4 is 4.74 Å². The lowest BCUT2D eigenvalue weighted by atomic mass is 9.99. The Kier molecular flexibility index (Phi) is 7.68. The molecule has 2 amide bonds. The van der Waals surface area contributed by atoms with Gasteiger partial charge >= 0.3 is 0 Å². The molecule has 1 aromatic carbocycles. The Labute approximate surface area is 166 Å². The molecule has 0 spiro atoms. The first-order valence-corrected chi connectivity index (χ1v) is 10.1. The van der Waals surface area contributed by atoms with Crippen molar-refractivity contribution >= 4 is 11.8 Å². The molecule has 0 aliphatic carbocycles. The minimum Gasteiger partial charge on any atom is -0.493 e. The Morgan fingerprint density at radius 3 is 2.57 bits per heavy atom. The average Bonchev–Trinajstić information content (AvgIpc) is 2.76. The van der Waals surface area contributed by atoms with E-state index in [-0.39, 0.29) is 18.4 Å². The number of hydrogen-bond acceptors (Lipinski definition) is 5. The van der Waals surface area contributed by atoms with E-state index < -0.39 is 0 Å². The van der Waals surface area contributed by atoms with Crippen molar-refractivity contribution in [3.05, 3.63) is 29.8 Å². The summed E-state index contributed by atoms with van der Waals surface area (Å²) in [5, 5.41) is 0. The van der Waals surface area contributed by atoms with Crippen molar-refractivity contribution in [2.45, 2.75) is 19.8 Å². The zero-order valence-corrected chi connectivity index (χ0v) is 16.6. The van der Waals surface area contributed by atoms with E-state index in [0.717, 1.165) is 25.1 Å². The van der Waals surface area contributed by atoms with Gasteiger partial charge in [-0.05, 0) is 44.0 Å². The van der Waals surface area contributed by atoms with E-state index in [0.29, 0.717) is 57.5 Å². The summed E-state index contributed by atoms with van der Waals surface area (Å²) in [5.74, 6) is 1.15. The maximum Gasteiger partial charge on any atom is 0.254 e. The molecule has 2 heterocycles. The fraction of sp³-hybridized carbons (Fsp3) is 0.619. The number of nitrogens with zero attached hydrogens (tertiary/aromatic N) is 2. The van der Waals surface area contributed by atoms with Crippen LogP contribution >= 0.6 is 0 Å². The van der Waals surface area contributed by atoms with Crippen molar-refractivity contribution in [3.63, 3.8) is 0 Å². The molecule has 1 unspecified atom stereocenters. The number of carbonyl (C=O) groups is 2. The predicted octanol–water partition coefficient (Wildman–Crippen LogP) is 1.81.